The summed E-state index contributed by atoms with van der Waals surface area (Å²) in [6.45, 7) is 3.89. The van der Waals surface area contributed by atoms with Gasteiger partial charge < -0.3 is 10.4 Å². The van der Waals surface area contributed by atoms with Gasteiger partial charge >= 0.3 is 6.18 Å². The summed E-state index contributed by atoms with van der Waals surface area (Å²) in [5.41, 5.74) is 1.26. The first-order chi connectivity index (χ1) is 10.8. The van der Waals surface area contributed by atoms with Gasteiger partial charge in [0.1, 0.15) is 0 Å². The summed E-state index contributed by atoms with van der Waals surface area (Å²) < 4.78 is 38.1. The Morgan fingerprint density at radius 2 is 2.04 bits per heavy atom. The molecule has 0 aliphatic heterocycles. The van der Waals surface area contributed by atoms with E-state index in [1.165, 1.54) is 12.1 Å². The molecule has 0 spiro atoms. The van der Waals surface area contributed by atoms with Crippen molar-refractivity contribution in [2.75, 3.05) is 11.9 Å². The number of hydrogen-bond donors (Lipinski definition) is 2. The zero-order chi connectivity index (χ0) is 17.0. The number of aliphatic hydroxyl groups is 1. The van der Waals surface area contributed by atoms with Crippen LogP contribution in [0.4, 0.5) is 19.1 Å². The molecule has 4 nitrogen and oxygen atoms in total. The summed E-state index contributed by atoms with van der Waals surface area (Å²) in [7, 11) is 0. The molecule has 0 aliphatic rings. The minimum Gasteiger partial charge on any atom is -0.387 e. The lowest BCUT2D eigenvalue weighted by Gasteiger charge is -2.15. The van der Waals surface area contributed by atoms with Gasteiger partial charge in [0.15, 0.2) is 0 Å². The summed E-state index contributed by atoms with van der Waals surface area (Å²) in [6.07, 6.45) is -3.10. The fourth-order valence-electron chi connectivity index (χ4n) is 2.15. The zero-order valence-electron chi connectivity index (χ0n) is 12.9. The molecule has 124 valence electrons. The SMILES string of the molecule is CCc1nc(NC[C@@H](O)c2cccc(C(F)(F)F)c2)ncc1C. The quantitative estimate of drug-likeness (QED) is 0.883. The average Bonchev–Trinajstić information content (AvgIpc) is 2.53. The van der Waals surface area contributed by atoms with Gasteiger partial charge in [0.05, 0.1) is 11.7 Å². The molecule has 0 radical (unpaired) electrons. The van der Waals surface area contributed by atoms with Crippen molar-refractivity contribution in [3.05, 3.63) is 52.8 Å². The van der Waals surface area contributed by atoms with Gasteiger partial charge in [-0.05, 0) is 36.6 Å². The molecule has 2 aromatic rings. The Hall–Kier alpha value is -2.15. The maximum Gasteiger partial charge on any atom is 0.416 e. The Kier molecular flexibility index (Phi) is 5.20. The van der Waals surface area contributed by atoms with E-state index in [1.54, 1.807) is 6.20 Å². The van der Waals surface area contributed by atoms with E-state index in [4.69, 9.17) is 0 Å². The van der Waals surface area contributed by atoms with Crippen molar-refractivity contribution in [1.29, 1.82) is 0 Å². The van der Waals surface area contributed by atoms with Crippen LogP contribution in [-0.4, -0.2) is 21.6 Å². The summed E-state index contributed by atoms with van der Waals surface area (Å²) in [5.74, 6) is 0.346. The number of nitrogens with zero attached hydrogens (tertiary/aromatic N) is 2. The Bertz CT molecular complexity index is 674. The minimum absolute atomic E-state index is 0.0214. The summed E-state index contributed by atoms with van der Waals surface area (Å²) in [6, 6.07) is 4.65. The third-order valence-electron chi connectivity index (χ3n) is 3.46. The van der Waals surface area contributed by atoms with E-state index in [-0.39, 0.29) is 12.1 Å². The molecule has 0 saturated carbocycles. The number of anilines is 1. The lowest BCUT2D eigenvalue weighted by molar-refractivity contribution is -0.137. The second-order valence-electron chi connectivity index (χ2n) is 5.20. The predicted molar refractivity (Wildman–Crippen MR) is 81.0 cm³/mol. The molecule has 1 aromatic carbocycles. The van der Waals surface area contributed by atoms with Crippen molar-refractivity contribution >= 4 is 5.95 Å². The average molecular weight is 325 g/mol. The topological polar surface area (TPSA) is 58.0 Å². The molecule has 0 bridgehead atoms. The van der Waals surface area contributed by atoms with E-state index < -0.39 is 17.8 Å². The number of halogens is 3. The maximum absolute atomic E-state index is 12.7. The standard InChI is InChI=1S/C16H18F3N3O/c1-3-13-10(2)8-20-15(22-13)21-9-14(23)11-5-4-6-12(7-11)16(17,18)19/h4-8,14,23H,3,9H2,1-2H3,(H,20,21,22)/t14-/m1/s1. The second-order valence-corrected chi connectivity index (χ2v) is 5.20. The Labute approximate surface area is 132 Å². The van der Waals surface area contributed by atoms with Crippen molar-refractivity contribution in [3.63, 3.8) is 0 Å². The molecule has 1 atom stereocenters. The monoisotopic (exact) mass is 325 g/mol. The summed E-state index contributed by atoms with van der Waals surface area (Å²) >= 11 is 0. The van der Waals surface area contributed by atoms with Crippen LogP contribution in [0.2, 0.25) is 0 Å². The lowest BCUT2D eigenvalue weighted by atomic mass is 10.1. The molecule has 0 saturated heterocycles. The molecule has 7 heteroatoms. The number of alkyl halides is 3. The first-order valence-corrected chi connectivity index (χ1v) is 7.23. The van der Waals surface area contributed by atoms with Gasteiger partial charge in [-0.15, -0.1) is 0 Å². The van der Waals surface area contributed by atoms with Gasteiger partial charge in [-0.3, -0.25) is 0 Å². The third-order valence-corrected chi connectivity index (χ3v) is 3.46. The Morgan fingerprint density at radius 3 is 2.70 bits per heavy atom. The molecule has 0 fully saturated rings. The highest BCUT2D eigenvalue weighted by Crippen LogP contribution is 2.30. The fraction of sp³-hybridized carbons (Fsp3) is 0.375. The molecule has 23 heavy (non-hydrogen) atoms. The first-order valence-electron chi connectivity index (χ1n) is 7.23. The highest BCUT2D eigenvalue weighted by atomic mass is 19.4. The van der Waals surface area contributed by atoms with Gasteiger partial charge in [0, 0.05) is 18.4 Å². The summed E-state index contributed by atoms with van der Waals surface area (Å²) in [4.78, 5) is 8.40. The number of aliphatic hydroxyl groups excluding tert-OH is 1. The van der Waals surface area contributed by atoms with E-state index in [9.17, 15) is 18.3 Å². The predicted octanol–water partition coefficient (Wildman–Crippen LogP) is 3.51. The summed E-state index contributed by atoms with van der Waals surface area (Å²) in [5, 5.41) is 12.9. The van der Waals surface area contributed by atoms with Crippen LogP contribution in [0.25, 0.3) is 0 Å². The number of aromatic nitrogens is 2. The van der Waals surface area contributed by atoms with Crippen molar-refractivity contribution in [2.24, 2.45) is 0 Å². The van der Waals surface area contributed by atoms with Gasteiger partial charge in [-0.25, -0.2) is 9.97 Å². The molecule has 0 amide bonds. The Balaban J connectivity index is 2.06. The van der Waals surface area contributed by atoms with Gasteiger partial charge in [-0.2, -0.15) is 13.2 Å². The molecule has 0 unspecified atom stereocenters. The zero-order valence-corrected chi connectivity index (χ0v) is 12.9. The molecular weight excluding hydrogens is 307 g/mol. The molecule has 2 rings (SSSR count). The van der Waals surface area contributed by atoms with Crippen LogP contribution < -0.4 is 5.32 Å². The van der Waals surface area contributed by atoms with Crippen LogP contribution in [0.5, 0.6) is 0 Å². The van der Waals surface area contributed by atoms with E-state index >= 15 is 0 Å². The highest BCUT2D eigenvalue weighted by molar-refractivity contribution is 5.32. The van der Waals surface area contributed by atoms with E-state index in [0.29, 0.717) is 5.95 Å². The van der Waals surface area contributed by atoms with Crippen LogP contribution in [0.15, 0.2) is 30.5 Å². The number of aryl methyl sites for hydroxylation is 2. The van der Waals surface area contributed by atoms with Gasteiger partial charge in [-0.1, -0.05) is 19.1 Å². The van der Waals surface area contributed by atoms with Crippen LogP contribution in [-0.2, 0) is 12.6 Å². The van der Waals surface area contributed by atoms with Crippen LogP contribution >= 0.6 is 0 Å². The largest absolute Gasteiger partial charge is 0.416 e. The number of nitrogens with one attached hydrogen (secondary N) is 1. The number of benzene rings is 1. The molecule has 0 aliphatic carbocycles. The van der Waals surface area contributed by atoms with Crippen molar-refractivity contribution in [3.8, 4) is 0 Å². The van der Waals surface area contributed by atoms with Crippen LogP contribution in [0.1, 0.15) is 35.4 Å². The van der Waals surface area contributed by atoms with E-state index in [1.807, 2.05) is 13.8 Å². The minimum atomic E-state index is -4.43. The van der Waals surface area contributed by atoms with Crippen molar-refractivity contribution < 1.29 is 18.3 Å². The second kappa shape index (κ2) is 6.95. The Morgan fingerprint density at radius 1 is 1.30 bits per heavy atom. The molecule has 2 N–H and O–H groups in total. The van der Waals surface area contributed by atoms with Crippen molar-refractivity contribution in [1.82, 2.24) is 9.97 Å². The number of hydrogen-bond acceptors (Lipinski definition) is 4. The lowest BCUT2D eigenvalue weighted by Crippen LogP contribution is -2.15. The molecule has 1 heterocycles. The van der Waals surface area contributed by atoms with E-state index in [0.717, 1.165) is 29.8 Å². The smallest absolute Gasteiger partial charge is 0.387 e. The maximum atomic E-state index is 12.7. The third kappa shape index (κ3) is 4.41. The van der Waals surface area contributed by atoms with E-state index in [2.05, 4.69) is 15.3 Å². The highest BCUT2D eigenvalue weighted by Gasteiger charge is 2.30. The van der Waals surface area contributed by atoms with Crippen LogP contribution in [0, 0.1) is 6.92 Å². The van der Waals surface area contributed by atoms with Crippen LogP contribution in [0.3, 0.4) is 0 Å². The van der Waals surface area contributed by atoms with Gasteiger partial charge in [0.2, 0.25) is 5.95 Å². The molecular formula is C16H18F3N3O. The first kappa shape index (κ1) is 17.2. The fourth-order valence-corrected chi connectivity index (χ4v) is 2.15. The normalized spacial score (nSPS) is 13.0. The number of rotatable bonds is 5. The van der Waals surface area contributed by atoms with Gasteiger partial charge in [0.25, 0.3) is 0 Å². The molecule has 1 aromatic heterocycles. The van der Waals surface area contributed by atoms with Crippen molar-refractivity contribution in [2.45, 2.75) is 32.5 Å².